The zero-order chi connectivity index (χ0) is 13.7. The summed E-state index contributed by atoms with van der Waals surface area (Å²) in [5.74, 6) is 0.893. The van der Waals surface area contributed by atoms with Gasteiger partial charge in [0.05, 0.1) is 11.8 Å². The van der Waals surface area contributed by atoms with Crippen LogP contribution in [-0.2, 0) is 6.54 Å². The molecule has 1 N–H and O–H groups in total. The zero-order valence-corrected chi connectivity index (χ0v) is 12.8. The van der Waals surface area contributed by atoms with Crippen LogP contribution >= 0.6 is 15.9 Å². The highest BCUT2D eigenvalue weighted by Crippen LogP contribution is 2.26. The maximum absolute atomic E-state index is 5.79. The quantitative estimate of drug-likeness (QED) is 0.850. The molecule has 0 spiro atoms. The number of benzene rings is 2. The third-order valence-corrected chi connectivity index (χ3v) is 3.45. The van der Waals surface area contributed by atoms with Crippen LogP contribution in [0.15, 0.2) is 53.0 Å². The van der Waals surface area contributed by atoms with Gasteiger partial charge in [-0.25, -0.2) is 0 Å². The van der Waals surface area contributed by atoms with Crippen LogP contribution in [-0.4, -0.2) is 6.10 Å². The van der Waals surface area contributed by atoms with Gasteiger partial charge in [0.1, 0.15) is 5.75 Å². The number of ether oxygens (including phenoxy) is 1. The minimum absolute atomic E-state index is 0.173. The molecule has 0 aliphatic rings. The zero-order valence-electron chi connectivity index (χ0n) is 11.2. The van der Waals surface area contributed by atoms with Gasteiger partial charge in [-0.15, -0.1) is 0 Å². The molecule has 0 atom stereocenters. The molecule has 0 aliphatic heterocycles. The highest BCUT2D eigenvalue weighted by molar-refractivity contribution is 9.10. The van der Waals surface area contributed by atoms with Gasteiger partial charge in [0, 0.05) is 11.0 Å². The summed E-state index contributed by atoms with van der Waals surface area (Å²) in [5.41, 5.74) is 2.24. The largest absolute Gasteiger partial charge is 0.489 e. The van der Waals surface area contributed by atoms with Crippen molar-refractivity contribution in [2.45, 2.75) is 26.5 Å². The molecule has 0 aromatic heterocycles. The van der Waals surface area contributed by atoms with Crippen molar-refractivity contribution in [3.05, 3.63) is 58.6 Å². The van der Waals surface area contributed by atoms with E-state index in [1.165, 1.54) is 5.56 Å². The lowest BCUT2D eigenvalue weighted by molar-refractivity contribution is 0.243. The molecular weight excluding hydrogens is 302 g/mol. The Kier molecular flexibility index (Phi) is 4.86. The standard InChI is InChI=1S/C16H18BrNO/c1-12(2)19-16-10-6-5-9-15(16)18-11-13-7-3-4-8-14(13)17/h3-10,12,18H,11H2,1-2H3. The van der Waals surface area contributed by atoms with Gasteiger partial charge >= 0.3 is 0 Å². The first-order valence-corrected chi connectivity index (χ1v) is 7.19. The smallest absolute Gasteiger partial charge is 0.142 e. The van der Waals surface area contributed by atoms with Gasteiger partial charge in [0.25, 0.3) is 0 Å². The molecule has 0 saturated heterocycles. The van der Waals surface area contributed by atoms with Crippen LogP contribution in [0.4, 0.5) is 5.69 Å². The Balaban J connectivity index is 2.09. The summed E-state index contributed by atoms with van der Waals surface area (Å²) >= 11 is 3.56. The molecule has 0 amide bonds. The Morgan fingerprint density at radius 1 is 1.05 bits per heavy atom. The van der Waals surface area contributed by atoms with Gasteiger partial charge in [-0.2, -0.15) is 0 Å². The second kappa shape index (κ2) is 6.62. The Hall–Kier alpha value is -1.48. The minimum atomic E-state index is 0.173. The van der Waals surface area contributed by atoms with E-state index in [1.54, 1.807) is 0 Å². The van der Waals surface area contributed by atoms with Crippen molar-refractivity contribution in [1.29, 1.82) is 0 Å². The second-order valence-electron chi connectivity index (χ2n) is 4.61. The lowest BCUT2D eigenvalue weighted by atomic mass is 10.2. The van der Waals surface area contributed by atoms with E-state index in [0.717, 1.165) is 22.5 Å². The minimum Gasteiger partial charge on any atom is -0.489 e. The van der Waals surface area contributed by atoms with Crippen molar-refractivity contribution in [3.8, 4) is 5.75 Å². The molecule has 2 nitrogen and oxygen atoms in total. The molecular formula is C16H18BrNO. The second-order valence-corrected chi connectivity index (χ2v) is 5.46. The molecule has 0 saturated carbocycles. The average Bonchev–Trinajstić information content (AvgIpc) is 2.39. The van der Waals surface area contributed by atoms with Crippen LogP contribution < -0.4 is 10.1 Å². The van der Waals surface area contributed by atoms with Crippen molar-refractivity contribution in [2.24, 2.45) is 0 Å². The highest BCUT2D eigenvalue weighted by Gasteiger charge is 2.05. The van der Waals surface area contributed by atoms with E-state index in [-0.39, 0.29) is 6.10 Å². The van der Waals surface area contributed by atoms with E-state index < -0.39 is 0 Å². The highest BCUT2D eigenvalue weighted by atomic mass is 79.9. The van der Waals surface area contributed by atoms with Gasteiger partial charge in [0.2, 0.25) is 0 Å². The number of hydrogen-bond acceptors (Lipinski definition) is 2. The van der Waals surface area contributed by atoms with Gasteiger partial charge in [-0.05, 0) is 37.6 Å². The molecule has 19 heavy (non-hydrogen) atoms. The lowest BCUT2D eigenvalue weighted by Gasteiger charge is -2.15. The van der Waals surface area contributed by atoms with E-state index in [1.807, 2.05) is 56.3 Å². The van der Waals surface area contributed by atoms with E-state index in [0.29, 0.717) is 0 Å². The van der Waals surface area contributed by atoms with Crippen LogP contribution in [0.1, 0.15) is 19.4 Å². The maximum Gasteiger partial charge on any atom is 0.142 e. The van der Waals surface area contributed by atoms with Gasteiger partial charge in [-0.1, -0.05) is 46.3 Å². The summed E-state index contributed by atoms with van der Waals surface area (Å²) in [6.07, 6.45) is 0.173. The third kappa shape index (κ3) is 4.00. The van der Waals surface area contributed by atoms with Gasteiger partial charge in [-0.3, -0.25) is 0 Å². The predicted molar refractivity (Wildman–Crippen MR) is 83.7 cm³/mol. The molecule has 0 radical (unpaired) electrons. The number of nitrogens with one attached hydrogen (secondary N) is 1. The first kappa shape index (κ1) is 13.9. The first-order chi connectivity index (χ1) is 9.16. The molecule has 0 fully saturated rings. The van der Waals surface area contributed by atoms with Crippen LogP contribution in [0.5, 0.6) is 5.75 Å². The van der Waals surface area contributed by atoms with E-state index in [2.05, 4.69) is 27.3 Å². The normalized spacial score (nSPS) is 10.5. The summed E-state index contributed by atoms with van der Waals surface area (Å²) in [6.45, 7) is 4.83. The van der Waals surface area contributed by atoms with Crippen LogP contribution in [0.25, 0.3) is 0 Å². The molecule has 2 aromatic rings. The average molecular weight is 320 g/mol. The van der Waals surface area contributed by atoms with E-state index in [9.17, 15) is 0 Å². The fourth-order valence-corrected chi connectivity index (χ4v) is 2.23. The summed E-state index contributed by atoms with van der Waals surface area (Å²) in [5, 5.41) is 3.42. The molecule has 2 rings (SSSR count). The molecule has 0 heterocycles. The molecule has 0 bridgehead atoms. The van der Waals surface area contributed by atoms with Gasteiger partial charge in [0.15, 0.2) is 0 Å². The number of hydrogen-bond donors (Lipinski definition) is 1. The fourth-order valence-electron chi connectivity index (χ4n) is 1.80. The van der Waals surface area contributed by atoms with Crippen molar-refractivity contribution in [3.63, 3.8) is 0 Å². The number of para-hydroxylation sites is 2. The Labute approximate surface area is 122 Å². The third-order valence-electron chi connectivity index (χ3n) is 2.68. The van der Waals surface area contributed by atoms with Crippen LogP contribution in [0.2, 0.25) is 0 Å². The fraction of sp³-hybridized carbons (Fsp3) is 0.250. The van der Waals surface area contributed by atoms with E-state index >= 15 is 0 Å². The van der Waals surface area contributed by atoms with Gasteiger partial charge < -0.3 is 10.1 Å². The first-order valence-electron chi connectivity index (χ1n) is 6.40. The summed E-state index contributed by atoms with van der Waals surface area (Å²) in [6, 6.07) is 16.2. The van der Waals surface area contributed by atoms with Crippen molar-refractivity contribution in [2.75, 3.05) is 5.32 Å². The topological polar surface area (TPSA) is 21.3 Å². The van der Waals surface area contributed by atoms with Crippen LogP contribution in [0, 0.1) is 0 Å². The lowest BCUT2D eigenvalue weighted by Crippen LogP contribution is -2.08. The number of anilines is 1. The summed E-state index contributed by atoms with van der Waals surface area (Å²) < 4.78 is 6.91. The van der Waals surface area contributed by atoms with Crippen molar-refractivity contribution in [1.82, 2.24) is 0 Å². The molecule has 2 aromatic carbocycles. The number of rotatable bonds is 5. The SMILES string of the molecule is CC(C)Oc1ccccc1NCc1ccccc1Br. The molecule has 3 heteroatoms. The summed E-state index contributed by atoms with van der Waals surface area (Å²) in [7, 11) is 0. The molecule has 0 aliphatic carbocycles. The molecule has 0 unspecified atom stereocenters. The summed E-state index contributed by atoms with van der Waals surface area (Å²) in [4.78, 5) is 0. The predicted octanol–water partition coefficient (Wildman–Crippen LogP) is 4.85. The maximum atomic E-state index is 5.79. The van der Waals surface area contributed by atoms with E-state index in [4.69, 9.17) is 4.74 Å². The Morgan fingerprint density at radius 3 is 2.47 bits per heavy atom. The van der Waals surface area contributed by atoms with Crippen LogP contribution in [0.3, 0.4) is 0 Å². The number of halogens is 1. The Morgan fingerprint density at radius 2 is 1.74 bits per heavy atom. The monoisotopic (exact) mass is 319 g/mol. The van der Waals surface area contributed by atoms with Crippen molar-refractivity contribution < 1.29 is 4.74 Å². The molecule has 100 valence electrons. The van der Waals surface area contributed by atoms with Crippen molar-refractivity contribution >= 4 is 21.6 Å². The Bertz CT molecular complexity index is 540.